The summed E-state index contributed by atoms with van der Waals surface area (Å²) in [7, 11) is 0. The van der Waals surface area contributed by atoms with E-state index in [4.69, 9.17) is 0 Å². The van der Waals surface area contributed by atoms with E-state index in [0.717, 1.165) is 0 Å². The zero-order valence-corrected chi connectivity index (χ0v) is 8.02. The van der Waals surface area contributed by atoms with E-state index in [2.05, 4.69) is 39.6 Å². The molecular weight excluding hydrogens is 134 g/mol. The fraction of sp³-hybridized carbons (Fsp3) is 0.600. The third-order valence-corrected chi connectivity index (χ3v) is 1.49. The standard InChI is InChI=1S/C10H19N/c1-6-10(8(2)3)7-11-9(4)5/h6-9,11H,1H2,2-5H3/b10-7+. The molecule has 0 aromatic rings. The molecule has 0 aromatic carbocycles. The fourth-order valence-corrected chi connectivity index (χ4v) is 0.724. The van der Waals surface area contributed by atoms with Crippen LogP contribution in [0.3, 0.4) is 0 Å². The Balaban J connectivity index is 4.01. The van der Waals surface area contributed by atoms with Crippen molar-refractivity contribution in [1.29, 1.82) is 0 Å². The van der Waals surface area contributed by atoms with Gasteiger partial charge in [-0.1, -0.05) is 26.5 Å². The van der Waals surface area contributed by atoms with Gasteiger partial charge in [0.15, 0.2) is 0 Å². The van der Waals surface area contributed by atoms with Crippen LogP contribution in [0.25, 0.3) is 0 Å². The highest BCUT2D eigenvalue weighted by Gasteiger charge is 1.97. The summed E-state index contributed by atoms with van der Waals surface area (Å²) in [6.07, 6.45) is 3.95. The number of hydrogen-bond donors (Lipinski definition) is 1. The van der Waals surface area contributed by atoms with Gasteiger partial charge in [0.25, 0.3) is 0 Å². The first-order valence-electron chi connectivity index (χ1n) is 4.16. The molecule has 1 N–H and O–H groups in total. The molecule has 0 radical (unpaired) electrons. The molecule has 0 saturated heterocycles. The molecule has 1 nitrogen and oxygen atoms in total. The van der Waals surface area contributed by atoms with Gasteiger partial charge in [-0.3, -0.25) is 0 Å². The predicted molar refractivity (Wildman–Crippen MR) is 51.4 cm³/mol. The number of rotatable bonds is 4. The van der Waals surface area contributed by atoms with Gasteiger partial charge < -0.3 is 5.32 Å². The first-order valence-corrected chi connectivity index (χ1v) is 4.16. The van der Waals surface area contributed by atoms with Crippen molar-refractivity contribution in [1.82, 2.24) is 5.32 Å². The molecule has 0 aromatic heterocycles. The predicted octanol–water partition coefficient (Wildman–Crippen LogP) is 2.71. The van der Waals surface area contributed by atoms with Crippen LogP contribution in [-0.2, 0) is 0 Å². The van der Waals surface area contributed by atoms with Gasteiger partial charge in [0, 0.05) is 12.2 Å². The van der Waals surface area contributed by atoms with Crippen molar-refractivity contribution < 1.29 is 0 Å². The maximum atomic E-state index is 3.75. The summed E-state index contributed by atoms with van der Waals surface area (Å²) in [4.78, 5) is 0. The Bertz CT molecular complexity index is 143. The van der Waals surface area contributed by atoms with E-state index >= 15 is 0 Å². The SMILES string of the molecule is C=C/C(=C\NC(C)C)C(C)C. The van der Waals surface area contributed by atoms with Crippen molar-refractivity contribution in [2.75, 3.05) is 0 Å². The van der Waals surface area contributed by atoms with Crippen molar-refractivity contribution in [3.05, 3.63) is 24.4 Å². The van der Waals surface area contributed by atoms with Crippen LogP contribution in [0.2, 0.25) is 0 Å². The summed E-state index contributed by atoms with van der Waals surface area (Å²) in [6, 6.07) is 0.503. The van der Waals surface area contributed by atoms with E-state index in [-0.39, 0.29) is 0 Å². The quantitative estimate of drug-likeness (QED) is 0.612. The first kappa shape index (κ1) is 10.3. The van der Waals surface area contributed by atoms with Gasteiger partial charge in [0.2, 0.25) is 0 Å². The largest absolute Gasteiger partial charge is 0.388 e. The third kappa shape index (κ3) is 4.65. The maximum Gasteiger partial charge on any atom is 0.0199 e. The van der Waals surface area contributed by atoms with Gasteiger partial charge in [-0.05, 0) is 25.3 Å². The second-order valence-corrected chi connectivity index (χ2v) is 3.32. The first-order chi connectivity index (χ1) is 5.07. The lowest BCUT2D eigenvalue weighted by atomic mass is 10.1. The molecule has 0 fully saturated rings. The van der Waals surface area contributed by atoms with Crippen molar-refractivity contribution in [3.8, 4) is 0 Å². The molecule has 0 atom stereocenters. The van der Waals surface area contributed by atoms with Crippen LogP contribution in [0.15, 0.2) is 24.4 Å². The van der Waals surface area contributed by atoms with Crippen LogP contribution < -0.4 is 5.32 Å². The lowest BCUT2D eigenvalue weighted by Crippen LogP contribution is -2.16. The molecule has 0 spiro atoms. The molecular formula is C10H19N. The van der Waals surface area contributed by atoms with Gasteiger partial charge >= 0.3 is 0 Å². The van der Waals surface area contributed by atoms with E-state index < -0.39 is 0 Å². The minimum Gasteiger partial charge on any atom is -0.388 e. The van der Waals surface area contributed by atoms with Gasteiger partial charge in [-0.25, -0.2) is 0 Å². The molecule has 64 valence electrons. The number of hydrogen-bond acceptors (Lipinski definition) is 1. The summed E-state index contributed by atoms with van der Waals surface area (Å²) in [5.74, 6) is 0.554. The zero-order chi connectivity index (χ0) is 8.85. The molecule has 0 saturated carbocycles. The highest BCUT2D eigenvalue weighted by atomic mass is 14.9. The summed E-state index contributed by atoms with van der Waals surface area (Å²) in [6.45, 7) is 12.3. The lowest BCUT2D eigenvalue weighted by molar-refractivity contribution is 0.684. The van der Waals surface area contributed by atoms with Crippen LogP contribution >= 0.6 is 0 Å². The Labute approximate surface area is 70.2 Å². The minimum absolute atomic E-state index is 0.503. The van der Waals surface area contributed by atoms with Crippen LogP contribution in [0.1, 0.15) is 27.7 Å². The minimum atomic E-state index is 0.503. The Hall–Kier alpha value is -0.720. The maximum absolute atomic E-state index is 3.75. The van der Waals surface area contributed by atoms with Gasteiger partial charge in [-0.15, -0.1) is 0 Å². The fourth-order valence-electron chi connectivity index (χ4n) is 0.724. The van der Waals surface area contributed by atoms with E-state index in [1.54, 1.807) is 0 Å². The Morgan fingerprint density at radius 3 is 2.09 bits per heavy atom. The molecule has 0 aliphatic rings. The molecule has 0 amide bonds. The van der Waals surface area contributed by atoms with Gasteiger partial charge in [-0.2, -0.15) is 0 Å². The van der Waals surface area contributed by atoms with Crippen LogP contribution in [-0.4, -0.2) is 6.04 Å². The average molecular weight is 153 g/mol. The van der Waals surface area contributed by atoms with Crippen molar-refractivity contribution >= 4 is 0 Å². The smallest absolute Gasteiger partial charge is 0.0199 e. The van der Waals surface area contributed by atoms with Crippen LogP contribution in [0.4, 0.5) is 0 Å². The summed E-state index contributed by atoms with van der Waals surface area (Å²) < 4.78 is 0. The molecule has 1 heteroatoms. The number of allylic oxidation sites excluding steroid dienone is 2. The second-order valence-electron chi connectivity index (χ2n) is 3.32. The van der Waals surface area contributed by atoms with Crippen molar-refractivity contribution in [2.24, 2.45) is 5.92 Å². The highest BCUT2D eigenvalue weighted by molar-refractivity contribution is 5.17. The Morgan fingerprint density at radius 1 is 1.27 bits per heavy atom. The number of nitrogens with one attached hydrogen (secondary N) is 1. The molecule has 0 aliphatic carbocycles. The zero-order valence-electron chi connectivity index (χ0n) is 8.02. The summed E-state index contributed by atoms with van der Waals surface area (Å²) in [5, 5.41) is 3.24. The topological polar surface area (TPSA) is 12.0 Å². The van der Waals surface area contributed by atoms with Gasteiger partial charge in [0.1, 0.15) is 0 Å². The Morgan fingerprint density at radius 2 is 1.82 bits per heavy atom. The van der Waals surface area contributed by atoms with E-state index in [1.165, 1.54) is 5.57 Å². The molecule has 0 rings (SSSR count). The van der Waals surface area contributed by atoms with E-state index in [0.29, 0.717) is 12.0 Å². The highest BCUT2D eigenvalue weighted by Crippen LogP contribution is 2.08. The van der Waals surface area contributed by atoms with E-state index in [9.17, 15) is 0 Å². The molecule has 0 unspecified atom stereocenters. The van der Waals surface area contributed by atoms with Crippen LogP contribution in [0.5, 0.6) is 0 Å². The Kier molecular flexibility index (Phi) is 4.67. The summed E-state index contributed by atoms with van der Waals surface area (Å²) in [5.41, 5.74) is 1.26. The third-order valence-electron chi connectivity index (χ3n) is 1.49. The molecule has 11 heavy (non-hydrogen) atoms. The van der Waals surface area contributed by atoms with Gasteiger partial charge in [0.05, 0.1) is 0 Å². The lowest BCUT2D eigenvalue weighted by Gasteiger charge is -2.09. The van der Waals surface area contributed by atoms with E-state index in [1.807, 2.05) is 12.3 Å². The second kappa shape index (κ2) is 5.00. The van der Waals surface area contributed by atoms with Crippen molar-refractivity contribution in [2.45, 2.75) is 33.7 Å². The molecule has 0 bridgehead atoms. The van der Waals surface area contributed by atoms with Crippen LogP contribution in [0, 0.1) is 5.92 Å². The monoisotopic (exact) mass is 153 g/mol. The molecule has 0 aliphatic heterocycles. The average Bonchev–Trinajstić information content (AvgIpc) is 1.87. The van der Waals surface area contributed by atoms with Crippen molar-refractivity contribution in [3.63, 3.8) is 0 Å². The normalized spacial score (nSPS) is 12.4. The summed E-state index contributed by atoms with van der Waals surface area (Å²) >= 11 is 0. The molecule has 0 heterocycles.